The Balaban J connectivity index is 1.17. The van der Waals surface area contributed by atoms with Gasteiger partial charge in [-0.25, -0.2) is 0 Å². The monoisotopic (exact) mass is 946 g/mol. The number of nitrogens with zero attached hydrogens (tertiary/aromatic N) is 4. The summed E-state index contributed by atoms with van der Waals surface area (Å²) < 4.78 is 0. The van der Waals surface area contributed by atoms with Crippen LogP contribution in [-0.2, 0) is 19.2 Å². The van der Waals surface area contributed by atoms with E-state index < -0.39 is 0 Å². The Hall–Kier alpha value is -3.73. The molecule has 13 heteroatoms. The van der Waals surface area contributed by atoms with Crippen LogP contribution in [0.5, 0.6) is 0 Å². The zero-order valence-corrected chi connectivity index (χ0v) is 40.5. The summed E-state index contributed by atoms with van der Waals surface area (Å²) >= 11 is 31.0. The lowest BCUT2D eigenvalue weighted by Gasteiger charge is -2.34. The number of carbonyl (C=O) groups is 4. The first-order chi connectivity index (χ1) is 30.1. The normalized spacial score (nSPS) is 21.0. The van der Waals surface area contributed by atoms with E-state index in [-0.39, 0.29) is 59.1 Å². The molecule has 2 aliphatic heterocycles. The quantitative estimate of drug-likeness (QED) is 0.158. The van der Waals surface area contributed by atoms with Crippen molar-refractivity contribution in [1.82, 2.24) is 19.6 Å². The number of hydrogen-bond donors (Lipinski definition) is 0. The Labute approximate surface area is 395 Å². The van der Waals surface area contributed by atoms with Crippen LogP contribution in [0.2, 0.25) is 20.1 Å². The van der Waals surface area contributed by atoms with Crippen LogP contribution in [0.1, 0.15) is 100 Å². The van der Waals surface area contributed by atoms with Crippen molar-refractivity contribution >= 4 is 81.8 Å². The van der Waals surface area contributed by atoms with Gasteiger partial charge in [0.1, 0.15) is 0 Å². The molecule has 4 aromatic rings. The fraction of sp³-hybridized carbons (Fsp3) is 0.440. The summed E-state index contributed by atoms with van der Waals surface area (Å²) in [6.45, 7) is 16.0. The molecule has 8 rings (SSSR count). The van der Waals surface area contributed by atoms with Gasteiger partial charge in [0, 0.05) is 87.8 Å². The van der Waals surface area contributed by atoms with E-state index in [0.717, 1.165) is 44.5 Å². The van der Waals surface area contributed by atoms with Crippen LogP contribution in [-0.4, -0.2) is 95.6 Å². The number of hydrogen-bond acceptors (Lipinski definition) is 5. The Morgan fingerprint density at radius 3 is 1.17 bits per heavy atom. The standard InChI is InChI=1S/C50H54Cl4N4O4S/c1-27(2)31-11-7-9-13-33(31)37-25-41(45(51)47(53)43(37)35-23-39(35)49(61)57-19-15-55(16-20-57)29(5)59)63-42-26-38(34-14-10-8-12-32(34)28(3)4)44(48(54)46(42)52)36-24-40(36)50(62)58-21-17-56(18-22-58)30(6)60/h7-14,25-28,35-36,39-40H,15-24H2,1-6H3/t35-,36-,39-,40-/m1/s1. The number of amides is 4. The van der Waals surface area contributed by atoms with Crippen LogP contribution < -0.4 is 0 Å². The first-order valence-electron chi connectivity index (χ1n) is 22.1. The van der Waals surface area contributed by atoms with E-state index in [1.54, 1.807) is 23.6 Å². The molecule has 0 radical (unpaired) electrons. The second-order valence-corrected chi connectivity index (χ2v) is 20.7. The molecule has 0 spiro atoms. The van der Waals surface area contributed by atoms with E-state index in [1.807, 2.05) is 34.1 Å². The third kappa shape index (κ3) is 9.12. The minimum Gasteiger partial charge on any atom is -0.339 e. The van der Waals surface area contributed by atoms with Gasteiger partial charge in [0.05, 0.1) is 20.1 Å². The van der Waals surface area contributed by atoms with E-state index in [4.69, 9.17) is 46.4 Å². The van der Waals surface area contributed by atoms with Gasteiger partial charge >= 0.3 is 0 Å². The van der Waals surface area contributed by atoms with Gasteiger partial charge in [-0.15, -0.1) is 0 Å². The Morgan fingerprint density at radius 2 is 0.841 bits per heavy atom. The molecule has 8 nitrogen and oxygen atoms in total. The molecule has 0 unspecified atom stereocenters. The van der Waals surface area contributed by atoms with Crippen molar-refractivity contribution in [3.05, 3.63) is 103 Å². The number of carbonyl (C=O) groups excluding carboxylic acids is 4. The first-order valence-corrected chi connectivity index (χ1v) is 24.4. The maximum absolute atomic E-state index is 14.0. The van der Waals surface area contributed by atoms with Crippen molar-refractivity contribution in [2.45, 2.75) is 87.8 Å². The van der Waals surface area contributed by atoms with E-state index in [9.17, 15) is 19.2 Å². The van der Waals surface area contributed by atoms with E-state index in [1.165, 1.54) is 11.8 Å². The lowest BCUT2D eigenvalue weighted by atomic mass is 9.88. The highest BCUT2D eigenvalue weighted by atomic mass is 35.5. The van der Waals surface area contributed by atoms with Crippen LogP contribution in [0.25, 0.3) is 22.3 Å². The molecule has 2 saturated heterocycles. The average molecular weight is 949 g/mol. The molecule has 4 atom stereocenters. The van der Waals surface area contributed by atoms with Crippen LogP contribution in [0.3, 0.4) is 0 Å². The fourth-order valence-corrected chi connectivity index (χ4v) is 12.0. The molecule has 4 aromatic carbocycles. The van der Waals surface area contributed by atoms with Crippen molar-refractivity contribution in [2.24, 2.45) is 11.8 Å². The third-order valence-corrected chi connectivity index (χ3v) is 16.5. The van der Waals surface area contributed by atoms with Gasteiger partial charge in [-0.3, -0.25) is 19.2 Å². The highest BCUT2D eigenvalue weighted by molar-refractivity contribution is 7.99. The molecule has 4 amide bonds. The second-order valence-electron chi connectivity index (χ2n) is 18.1. The van der Waals surface area contributed by atoms with Crippen LogP contribution in [0.15, 0.2) is 70.5 Å². The Morgan fingerprint density at radius 1 is 0.508 bits per heavy atom. The predicted molar refractivity (Wildman–Crippen MR) is 255 cm³/mol. The zero-order valence-electron chi connectivity index (χ0n) is 36.7. The molecule has 0 aromatic heterocycles. The van der Waals surface area contributed by atoms with Crippen LogP contribution in [0, 0.1) is 11.8 Å². The van der Waals surface area contributed by atoms with E-state index in [2.05, 4.69) is 64.1 Å². The molecule has 2 saturated carbocycles. The number of rotatable bonds is 10. The summed E-state index contributed by atoms with van der Waals surface area (Å²) in [5.41, 5.74) is 8.00. The van der Waals surface area contributed by atoms with Crippen LogP contribution >= 0.6 is 58.2 Å². The van der Waals surface area contributed by atoms with Crippen molar-refractivity contribution < 1.29 is 19.2 Å². The van der Waals surface area contributed by atoms with E-state index in [0.29, 0.717) is 95.1 Å². The van der Waals surface area contributed by atoms with Crippen molar-refractivity contribution in [3.63, 3.8) is 0 Å². The summed E-state index contributed by atoms with van der Waals surface area (Å²) in [5, 5.41) is 1.61. The molecule has 332 valence electrons. The van der Waals surface area contributed by atoms with Gasteiger partial charge in [-0.2, -0.15) is 0 Å². The minimum absolute atomic E-state index is 0.0246. The zero-order chi connectivity index (χ0) is 45.0. The number of benzene rings is 4. The van der Waals surface area contributed by atoms with Gasteiger partial charge in [0.15, 0.2) is 0 Å². The highest BCUT2D eigenvalue weighted by Crippen LogP contribution is 2.59. The topological polar surface area (TPSA) is 81.2 Å². The maximum atomic E-state index is 14.0. The van der Waals surface area contributed by atoms with Crippen molar-refractivity contribution in [3.8, 4) is 22.3 Å². The van der Waals surface area contributed by atoms with Gasteiger partial charge < -0.3 is 19.6 Å². The van der Waals surface area contributed by atoms with Crippen molar-refractivity contribution in [1.29, 1.82) is 0 Å². The smallest absolute Gasteiger partial charge is 0.226 e. The summed E-state index contributed by atoms with van der Waals surface area (Å²) in [7, 11) is 0. The number of piperazine rings is 2. The van der Waals surface area contributed by atoms with Gasteiger partial charge in [-0.05, 0) is 93.2 Å². The molecule has 4 fully saturated rings. The molecular formula is C50H54Cl4N4O4S. The summed E-state index contributed by atoms with van der Waals surface area (Å²) in [4.78, 5) is 60.6. The molecule has 0 bridgehead atoms. The first kappa shape index (κ1) is 45.8. The molecule has 63 heavy (non-hydrogen) atoms. The fourth-order valence-electron chi connectivity index (χ4n) is 9.69. The molecule has 2 aliphatic carbocycles. The Bertz CT molecular complexity index is 2310. The van der Waals surface area contributed by atoms with E-state index >= 15 is 0 Å². The minimum atomic E-state index is -0.237. The van der Waals surface area contributed by atoms with Gasteiger partial charge in [-0.1, -0.05) is 134 Å². The molecular weight excluding hydrogens is 894 g/mol. The van der Waals surface area contributed by atoms with Crippen molar-refractivity contribution in [2.75, 3.05) is 52.4 Å². The molecule has 0 N–H and O–H groups in total. The van der Waals surface area contributed by atoms with Gasteiger partial charge in [0.25, 0.3) is 0 Å². The summed E-state index contributed by atoms with van der Waals surface area (Å²) in [6.07, 6.45) is 1.32. The van der Waals surface area contributed by atoms with Gasteiger partial charge in [0.2, 0.25) is 23.6 Å². The molecule has 4 aliphatic rings. The lowest BCUT2D eigenvalue weighted by Crippen LogP contribution is -2.50. The number of halogens is 4. The molecule has 2 heterocycles. The SMILES string of the molecule is CC(=O)N1CCN(C(=O)[C@@H]2C[C@H]2c2c(-c3ccccc3C(C)C)cc(Sc3cc(-c4ccccc4C(C)C)c([C@@H]4C[C@H]4C(=O)N4CCN(C(C)=O)CC4)c(Cl)c3Cl)c(Cl)c2Cl)CC1. The Kier molecular flexibility index (Phi) is 13.6. The summed E-state index contributed by atoms with van der Waals surface area (Å²) in [6, 6.07) is 20.8. The largest absolute Gasteiger partial charge is 0.339 e. The second kappa shape index (κ2) is 18.6. The average Bonchev–Trinajstić information content (AvgIpc) is 4.22. The third-order valence-electron chi connectivity index (χ3n) is 13.4. The highest BCUT2D eigenvalue weighted by Gasteiger charge is 2.50. The summed E-state index contributed by atoms with van der Waals surface area (Å²) in [5.74, 6) is -0.0727. The predicted octanol–water partition coefficient (Wildman–Crippen LogP) is 11.6. The lowest BCUT2D eigenvalue weighted by molar-refractivity contribution is -0.139. The maximum Gasteiger partial charge on any atom is 0.226 e. The van der Waals surface area contributed by atoms with Crippen LogP contribution in [0.4, 0.5) is 0 Å².